The van der Waals surface area contributed by atoms with Crippen molar-refractivity contribution in [3.05, 3.63) is 88.9 Å². The Morgan fingerprint density at radius 2 is 1.67 bits per heavy atom. The van der Waals surface area contributed by atoms with Gasteiger partial charge in [-0.15, -0.1) is 0 Å². The van der Waals surface area contributed by atoms with Crippen molar-refractivity contribution in [1.29, 1.82) is 0 Å². The summed E-state index contributed by atoms with van der Waals surface area (Å²) in [4.78, 5) is 12.6. The molecule has 0 heterocycles. The molecule has 156 valence electrons. The van der Waals surface area contributed by atoms with Crippen molar-refractivity contribution in [1.82, 2.24) is 4.72 Å². The fourth-order valence-electron chi connectivity index (χ4n) is 2.86. The molecular weight excluding hydrogens is 424 g/mol. The zero-order chi connectivity index (χ0) is 21.7. The minimum atomic E-state index is -3.84. The Hall–Kier alpha value is -2.87. The van der Waals surface area contributed by atoms with Crippen LogP contribution in [0.3, 0.4) is 0 Å². The topological polar surface area (TPSA) is 84.5 Å². The molecule has 0 spiro atoms. The number of methoxy groups -OCH3 is 1. The summed E-state index contributed by atoms with van der Waals surface area (Å²) >= 11 is 5.86. The number of halogens is 1. The Balaban J connectivity index is 1.85. The van der Waals surface area contributed by atoms with Gasteiger partial charge in [0.05, 0.1) is 17.7 Å². The first-order valence-electron chi connectivity index (χ1n) is 9.12. The number of hydrogen-bond acceptors (Lipinski definition) is 4. The summed E-state index contributed by atoms with van der Waals surface area (Å²) in [6.07, 6.45) is 0. The van der Waals surface area contributed by atoms with Gasteiger partial charge in [-0.2, -0.15) is 0 Å². The molecule has 0 radical (unpaired) electrons. The van der Waals surface area contributed by atoms with Crippen LogP contribution in [0, 0.1) is 0 Å². The summed E-state index contributed by atoms with van der Waals surface area (Å²) in [7, 11) is -2.39. The summed E-state index contributed by atoms with van der Waals surface area (Å²) in [5, 5.41) is 3.21. The number of benzene rings is 3. The number of rotatable bonds is 7. The maximum atomic E-state index is 12.9. The molecular formula is C22H21ClN2O4S. The number of nitrogens with one attached hydrogen (secondary N) is 2. The third kappa shape index (κ3) is 5.18. The van der Waals surface area contributed by atoms with E-state index in [0.717, 1.165) is 5.56 Å². The molecule has 30 heavy (non-hydrogen) atoms. The van der Waals surface area contributed by atoms with Crippen LogP contribution in [0.5, 0.6) is 5.75 Å². The van der Waals surface area contributed by atoms with Crippen molar-refractivity contribution in [2.24, 2.45) is 0 Å². The highest BCUT2D eigenvalue weighted by atomic mass is 35.5. The van der Waals surface area contributed by atoms with Crippen LogP contribution < -0.4 is 14.8 Å². The van der Waals surface area contributed by atoms with E-state index in [-0.39, 0.29) is 10.6 Å². The van der Waals surface area contributed by atoms with E-state index in [9.17, 15) is 13.2 Å². The molecule has 3 aromatic carbocycles. The van der Waals surface area contributed by atoms with E-state index in [4.69, 9.17) is 16.3 Å². The summed E-state index contributed by atoms with van der Waals surface area (Å²) in [5.41, 5.74) is 1.46. The van der Waals surface area contributed by atoms with Crippen LogP contribution in [-0.4, -0.2) is 21.4 Å². The van der Waals surface area contributed by atoms with Gasteiger partial charge in [0.1, 0.15) is 5.75 Å². The molecule has 6 nitrogen and oxygen atoms in total. The van der Waals surface area contributed by atoms with Crippen LogP contribution in [0.4, 0.5) is 5.69 Å². The van der Waals surface area contributed by atoms with Crippen LogP contribution in [0.25, 0.3) is 0 Å². The molecule has 0 aliphatic rings. The van der Waals surface area contributed by atoms with Crippen molar-refractivity contribution < 1.29 is 17.9 Å². The van der Waals surface area contributed by atoms with Gasteiger partial charge in [-0.3, -0.25) is 4.79 Å². The highest BCUT2D eigenvalue weighted by molar-refractivity contribution is 7.89. The van der Waals surface area contributed by atoms with Crippen LogP contribution in [0.15, 0.2) is 77.7 Å². The van der Waals surface area contributed by atoms with E-state index in [0.29, 0.717) is 16.3 Å². The first-order valence-corrected chi connectivity index (χ1v) is 11.0. The largest absolute Gasteiger partial charge is 0.495 e. The third-order valence-corrected chi connectivity index (χ3v) is 6.26. The van der Waals surface area contributed by atoms with Gasteiger partial charge in [0.15, 0.2) is 0 Å². The van der Waals surface area contributed by atoms with Crippen LogP contribution >= 0.6 is 11.6 Å². The predicted octanol–water partition coefficient (Wildman–Crippen LogP) is 4.64. The van der Waals surface area contributed by atoms with Crippen molar-refractivity contribution in [3.63, 3.8) is 0 Å². The zero-order valence-electron chi connectivity index (χ0n) is 16.4. The van der Waals surface area contributed by atoms with E-state index in [1.165, 1.54) is 25.3 Å². The summed E-state index contributed by atoms with van der Waals surface area (Å²) in [5.74, 6) is -0.0718. The van der Waals surface area contributed by atoms with Gasteiger partial charge in [-0.05, 0) is 55.0 Å². The lowest BCUT2D eigenvalue weighted by molar-refractivity contribution is 0.102. The molecule has 1 atom stereocenters. The van der Waals surface area contributed by atoms with Crippen LogP contribution in [0.1, 0.15) is 28.9 Å². The molecule has 0 aliphatic heterocycles. The lowest BCUT2D eigenvalue weighted by atomic mass is 10.1. The second kappa shape index (κ2) is 9.30. The number of anilines is 1. The second-order valence-electron chi connectivity index (χ2n) is 6.58. The van der Waals surface area contributed by atoms with Crippen LogP contribution in [0.2, 0.25) is 5.02 Å². The van der Waals surface area contributed by atoms with Crippen molar-refractivity contribution in [2.45, 2.75) is 17.9 Å². The first-order chi connectivity index (χ1) is 14.3. The number of carbonyl (C=O) groups excluding carboxylic acids is 1. The maximum absolute atomic E-state index is 12.9. The molecule has 0 bridgehead atoms. The minimum Gasteiger partial charge on any atom is -0.495 e. The molecule has 3 aromatic rings. The average Bonchev–Trinajstić information content (AvgIpc) is 2.74. The number of hydrogen-bond donors (Lipinski definition) is 2. The number of amides is 1. The van der Waals surface area contributed by atoms with Crippen molar-refractivity contribution in [3.8, 4) is 5.75 Å². The monoisotopic (exact) mass is 444 g/mol. The SMILES string of the molecule is COc1ccc(S(=O)(=O)N[C@H](C)c2ccccc2)cc1NC(=O)c1ccc(Cl)cc1. The Bertz CT molecular complexity index is 1130. The predicted molar refractivity (Wildman–Crippen MR) is 118 cm³/mol. The van der Waals surface area contributed by atoms with Gasteiger partial charge < -0.3 is 10.1 Å². The molecule has 2 N–H and O–H groups in total. The van der Waals surface area contributed by atoms with E-state index < -0.39 is 22.0 Å². The summed E-state index contributed by atoms with van der Waals surface area (Å²) < 4.78 is 33.7. The fourth-order valence-corrected chi connectivity index (χ4v) is 4.24. The van der Waals surface area contributed by atoms with E-state index in [1.807, 2.05) is 30.3 Å². The van der Waals surface area contributed by atoms with Gasteiger partial charge in [0.2, 0.25) is 10.0 Å². The lowest BCUT2D eigenvalue weighted by Crippen LogP contribution is -2.27. The molecule has 0 fully saturated rings. The van der Waals surface area contributed by atoms with Gasteiger partial charge in [-0.25, -0.2) is 13.1 Å². The molecule has 0 aliphatic carbocycles. The van der Waals surface area contributed by atoms with Gasteiger partial charge >= 0.3 is 0 Å². The van der Waals surface area contributed by atoms with E-state index >= 15 is 0 Å². The Morgan fingerprint density at radius 3 is 2.30 bits per heavy atom. The molecule has 3 rings (SSSR count). The Labute approximate surface area is 180 Å². The minimum absolute atomic E-state index is 0.0116. The summed E-state index contributed by atoms with van der Waals surface area (Å²) in [6, 6.07) is 19.5. The molecule has 0 saturated heterocycles. The smallest absolute Gasteiger partial charge is 0.255 e. The van der Waals surface area contributed by atoms with E-state index in [2.05, 4.69) is 10.0 Å². The average molecular weight is 445 g/mol. The standard InChI is InChI=1S/C22H21ClN2O4S/c1-15(16-6-4-3-5-7-16)25-30(27,28)19-12-13-21(29-2)20(14-19)24-22(26)17-8-10-18(23)11-9-17/h3-15,25H,1-2H3,(H,24,26)/t15-/m1/s1. The van der Waals surface area contributed by atoms with Gasteiger partial charge in [0.25, 0.3) is 5.91 Å². The highest BCUT2D eigenvalue weighted by Gasteiger charge is 2.21. The number of sulfonamides is 1. The molecule has 0 saturated carbocycles. The molecule has 0 aromatic heterocycles. The molecule has 8 heteroatoms. The second-order valence-corrected chi connectivity index (χ2v) is 8.73. The highest BCUT2D eigenvalue weighted by Crippen LogP contribution is 2.29. The number of ether oxygens (including phenoxy) is 1. The summed E-state index contributed by atoms with van der Waals surface area (Å²) in [6.45, 7) is 1.76. The van der Waals surface area contributed by atoms with Gasteiger partial charge in [-0.1, -0.05) is 41.9 Å². The lowest BCUT2D eigenvalue weighted by Gasteiger charge is -2.16. The van der Waals surface area contributed by atoms with Gasteiger partial charge in [0, 0.05) is 16.6 Å². The fraction of sp³-hybridized carbons (Fsp3) is 0.136. The quantitative estimate of drug-likeness (QED) is 0.556. The normalized spacial score (nSPS) is 12.2. The Kier molecular flexibility index (Phi) is 6.77. The molecule has 1 amide bonds. The first kappa shape index (κ1) is 21.8. The Morgan fingerprint density at radius 1 is 1.00 bits per heavy atom. The number of carbonyl (C=O) groups is 1. The van der Waals surface area contributed by atoms with E-state index in [1.54, 1.807) is 31.2 Å². The van der Waals surface area contributed by atoms with Crippen LogP contribution in [-0.2, 0) is 10.0 Å². The maximum Gasteiger partial charge on any atom is 0.255 e. The zero-order valence-corrected chi connectivity index (χ0v) is 18.0. The van der Waals surface area contributed by atoms with Crippen molar-refractivity contribution in [2.75, 3.05) is 12.4 Å². The third-order valence-electron chi connectivity index (χ3n) is 4.47. The molecule has 0 unspecified atom stereocenters. The van der Waals surface area contributed by atoms with Crippen molar-refractivity contribution >= 4 is 33.2 Å².